The summed E-state index contributed by atoms with van der Waals surface area (Å²) in [5.41, 5.74) is 3.57. The average Bonchev–Trinajstić information content (AvgIpc) is 2.38. The Hall–Kier alpha value is -0.0800. The van der Waals surface area contributed by atoms with Crippen LogP contribution in [0.1, 0.15) is 77.6 Å². The molecule has 0 aromatic rings. The molecule has 102 valence electrons. The van der Waals surface area contributed by atoms with Crippen LogP contribution in [-0.4, -0.2) is 24.6 Å². The summed E-state index contributed by atoms with van der Waals surface area (Å²) in [5, 5.41) is 2.42. The van der Waals surface area contributed by atoms with Gasteiger partial charge in [0.15, 0.2) is 0 Å². The van der Waals surface area contributed by atoms with Crippen molar-refractivity contribution in [2.75, 3.05) is 19.6 Å². The van der Waals surface area contributed by atoms with Gasteiger partial charge in [0.2, 0.25) is 0 Å². The molecule has 1 fully saturated rings. The molecule has 2 heteroatoms. The Kier molecular flexibility index (Phi) is 9.72. The molecule has 1 heterocycles. The van der Waals surface area contributed by atoms with Crippen molar-refractivity contribution in [3.05, 3.63) is 0 Å². The molecule has 1 rings (SSSR count). The smallest absolute Gasteiger partial charge is 0.0131 e. The van der Waals surface area contributed by atoms with E-state index in [9.17, 15) is 0 Å². The lowest BCUT2D eigenvalue weighted by Crippen LogP contribution is -2.41. The van der Waals surface area contributed by atoms with Gasteiger partial charge >= 0.3 is 0 Å². The highest BCUT2D eigenvalue weighted by Gasteiger charge is 2.07. The van der Waals surface area contributed by atoms with Gasteiger partial charge in [0, 0.05) is 19.6 Å². The molecule has 1 aliphatic heterocycles. The van der Waals surface area contributed by atoms with E-state index in [1.807, 2.05) is 0 Å². The zero-order chi connectivity index (χ0) is 12.2. The predicted molar refractivity (Wildman–Crippen MR) is 76.0 cm³/mol. The first-order valence-electron chi connectivity index (χ1n) is 7.92. The molecule has 1 saturated heterocycles. The van der Waals surface area contributed by atoms with Crippen molar-refractivity contribution in [2.24, 2.45) is 0 Å². The summed E-state index contributed by atoms with van der Waals surface area (Å²) in [5.74, 6) is 0. The van der Waals surface area contributed by atoms with Crippen molar-refractivity contribution < 1.29 is 0 Å². The second-order valence-electron chi connectivity index (χ2n) is 5.43. The van der Waals surface area contributed by atoms with Crippen molar-refractivity contribution in [2.45, 2.75) is 77.6 Å². The Bertz CT molecular complexity index is 153. The summed E-state index contributed by atoms with van der Waals surface area (Å²) in [6, 6.07) is 0. The first-order chi connectivity index (χ1) is 8.43. The van der Waals surface area contributed by atoms with Crippen molar-refractivity contribution >= 4 is 0 Å². The molecule has 0 aromatic carbocycles. The summed E-state index contributed by atoms with van der Waals surface area (Å²) >= 11 is 0. The van der Waals surface area contributed by atoms with E-state index in [0.717, 1.165) is 0 Å². The normalized spacial score (nSPS) is 17.5. The third-order valence-corrected chi connectivity index (χ3v) is 3.72. The minimum atomic E-state index is 1.19. The van der Waals surface area contributed by atoms with E-state index in [0.29, 0.717) is 0 Å². The molecule has 0 bridgehead atoms. The van der Waals surface area contributed by atoms with E-state index in [4.69, 9.17) is 0 Å². The summed E-state index contributed by atoms with van der Waals surface area (Å²) in [4.78, 5) is 0. The van der Waals surface area contributed by atoms with E-state index in [-0.39, 0.29) is 0 Å². The quantitative estimate of drug-likeness (QED) is 0.578. The Labute approximate surface area is 108 Å². The standard InChI is InChI=1S/C15H32N2/c1-2-3-4-5-6-7-8-10-13-16-17-14-11-9-12-15-17/h16H,2-15H2,1H3. The molecular formula is C15H32N2. The Morgan fingerprint density at radius 3 is 2.00 bits per heavy atom. The number of piperidine rings is 1. The lowest BCUT2D eigenvalue weighted by molar-refractivity contribution is 0.153. The fourth-order valence-electron chi connectivity index (χ4n) is 2.55. The number of nitrogens with one attached hydrogen (secondary N) is 1. The maximum Gasteiger partial charge on any atom is 0.0131 e. The molecule has 17 heavy (non-hydrogen) atoms. The first-order valence-corrected chi connectivity index (χ1v) is 7.92. The first kappa shape index (κ1) is 15.0. The van der Waals surface area contributed by atoms with Crippen LogP contribution in [0.4, 0.5) is 0 Å². The van der Waals surface area contributed by atoms with Crippen LogP contribution in [-0.2, 0) is 0 Å². The fourth-order valence-corrected chi connectivity index (χ4v) is 2.55. The van der Waals surface area contributed by atoms with Crippen LogP contribution in [0.2, 0.25) is 0 Å². The largest absolute Gasteiger partial charge is 0.255 e. The topological polar surface area (TPSA) is 15.3 Å². The van der Waals surface area contributed by atoms with Crippen molar-refractivity contribution in [1.82, 2.24) is 10.4 Å². The number of hydrogen-bond donors (Lipinski definition) is 1. The van der Waals surface area contributed by atoms with Crippen LogP contribution < -0.4 is 5.43 Å². The Morgan fingerprint density at radius 1 is 0.765 bits per heavy atom. The minimum Gasteiger partial charge on any atom is -0.255 e. The molecule has 0 radical (unpaired) electrons. The van der Waals surface area contributed by atoms with Gasteiger partial charge in [0.05, 0.1) is 0 Å². The minimum absolute atomic E-state index is 1.19. The van der Waals surface area contributed by atoms with E-state index in [2.05, 4.69) is 17.4 Å². The number of nitrogens with zero attached hydrogens (tertiary/aromatic N) is 1. The van der Waals surface area contributed by atoms with E-state index in [1.54, 1.807) is 0 Å². The zero-order valence-corrected chi connectivity index (χ0v) is 11.8. The summed E-state index contributed by atoms with van der Waals surface area (Å²) in [6.45, 7) is 6.00. The molecule has 0 aromatic heterocycles. The van der Waals surface area contributed by atoms with Crippen molar-refractivity contribution in [1.29, 1.82) is 0 Å². The maximum absolute atomic E-state index is 3.57. The molecule has 2 nitrogen and oxygen atoms in total. The Balaban J connectivity index is 1.75. The molecular weight excluding hydrogens is 208 g/mol. The Morgan fingerprint density at radius 2 is 1.35 bits per heavy atom. The lowest BCUT2D eigenvalue weighted by Gasteiger charge is -2.27. The van der Waals surface area contributed by atoms with Gasteiger partial charge < -0.3 is 0 Å². The second-order valence-corrected chi connectivity index (χ2v) is 5.43. The van der Waals surface area contributed by atoms with E-state index in [1.165, 1.54) is 90.3 Å². The van der Waals surface area contributed by atoms with Crippen LogP contribution in [0.3, 0.4) is 0 Å². The van der Waals surface area contributed by atoms with Gasteiger partial charge in [-0.2, -0.15) is 0 Å². The van der Waals surface area contributed by atoms with Gasteiger partial charge in [0.25, 0.3) is 0 Å². The molecule has 0 atom stereocenters. The highest BCUT2D eigenvalue weighted by atomic mass is 15.5. The van der Waals surface area contributed by atoms with Crippen LogP contribution in [0.5, 0.6) is 0 Å². The van der Waals surface area contributed by atoms with Crippen LogP contribution in [0.15, 0.2) is 0 Å². The van der Waals surface area contributed by atoms with Crippen LogP contribution >= 0.6 is 0 Å². The molecule has 0 amide bonds. The van der Waals surface area contributed by atoms with Crippen LogP contribution in [0.25, 0.3) is 0 Å². The van der Waals surface area contributed by atoms with Gasteiger partial charge in [-0.15, -0.1) is 0 Å². The third kappa shape index (κ3) is 8.62. The van der Waals surface area contributed by atoms with Crippen molar-refractivity contribution in [3.63, 3.8) is 0 Å². The third-order valence-electron chi connectivity index (χ3n) is 3.72. The number of rotatable bonds is 10. The fraction of sp³-hybridized carbons (Fsp3) is 1.00. The SMILES string of the molecule is CCCCCCCCCCNN1CCCCC1. The van der Waals surface area contributed by atoms with Gasteiger partial charge in [-0.05, 0) is 19.3 Å². The molecule has 0 saturated carbocycles. The molecule has 1 N–H and O–H groups in total. The van der Waals surface area contributed by atoms with E-state index >= 15 is 0 Å². The van der Waals surface area contributed by atoms with E-state index < -0.39 is 0 Å². The molecule has 0 spiro atoms. The lowest BCUT2D eigenvalue weighted by atomic mass is 10.1. The van der Waals surface area contributed by atoms with Gasteiger partial charge in [-0.1, -0.05) is 58.3 Å². The second kappa shape index (κ2) is 11.0. The van der Waals surface area contributed by atoms with Gasteiger partial charge in [-0.25, -0.2) is 5.01 Å². The predicted octanol–water partition coefficient (Wildman–Crippen LogP) is 4.12. The van der Waals surface area contributed by atoms with Crippen molar-refractivity contribution in [3.8, 4) is 0 Å². The highest BCUT2D eigenvalue weighted by molar-refractivity contribution is 4.60. The maximum atomic E-state index is 3.57. The average molecular weight is 240 g/mol. The summed E-state index contributed by atoms with van der Waals surface area (Å²) in [7, 11) is 0. The molecule has 0 aliphatic carbocycles. The number of unbranched alkanes of at least 4 members (excludes halogenated alkanes) is 7. The van der Waals surface area contributed by atoms with Gasteiger partial charge in [0.1, 0.15) is 0 Å². The molecule has 0 unspecified atom stereocenters. The monoisotopic (exact) mass is 240 g/mol. The summed E-state index contributed by atoms with van der Waals surface area (Å²) in [6.07, 6.45) is 15.5. The highest BCUT2D eigenvalue weighted by Crippen LogP contribution is 2.09. The zero-order valence-electron chi connectivity index (χ0n) is 11.8. The summed E-state index contributed by atoms with van der Waals surface area (Å²) < 4.78 is 0. The van der Waals surface area contributed by atoms with Crippen LogP contribution in [0, 0.1) is 0 Å². The number of hydrogen-bond acceptors (Lipinski definition) is 2. The van der Waals surface area contributed by atoms with Gasteiger partial charge in [-0.3, -0.25) is 5.43 Å². The number of hydrazine groups is 1. The molecule has 1 aliphatic rings.